The summed E-state index contributed by atoms with van der Waals surface area (Å²) in [5.74, 6) is 1.31. The first-order valence-corrected chi connectivity index (χ1v) is 7.37. The molecule has 0 heterocycles. The molecule has 0 saturated carbocycles. The van der Waals surface area contributed by atoms with E-state index >= 15 is 0 Å². The lowest BCUT2D eigenvalue weighted by Gasteiger charge is -2.11. The summed E-state index contributed by atoms with van der Waals surface area (Å²) in [6, 6.07) is 13.2. The van der Waals surface area contributed by atoms with E-state index in [2.05, 4.69) is 37.9 Å². The minimum absolute atomic E-state index is 0.332. The zero-order chi connectivity index (χ0) is 14.5. The van der Waals surface area contributed by atoms with Crippen LogP contribution in [0.2, 0.25) is 0 Å². The Hall–Kier alpha value is -1.51. The van der Waals surface area contributed by atoms with E-state index in [-0.39, 0.29) is 0 Å². The van der Waals surface area contributed by atoms with Crippen molar-refractivity contribution in [3.8, 4) is 17.6 Å². The SMILES string of the molecule is COc1ccc(Br)cc1COc1ccc(Br)cc1C#N. The molecule has 0 spiro atoms. The van der Waals surface area contributed by atoms with Gasteiger partial charge in [0.05, 0.1) is 12.7 Å². The van der Waals surface area contributed by atoms with E-state index < -0.39 is 0 Å². The summed E-state index contributed by atoms with van der Waals surface area (Å²) < 4.78 is 12.8. The first kappa shape index (κ1) is 14.9. The minimum atomic E-state index is 0.332. The molecule has 2 rings (SSSR count). The Labute approximate surface area is 134 Å². The van der Waals surface area contributed by atoms with Gasteiger partial charge >= 0.3 is 0 Å². The molecule has 0 saturated heterocycles. The van der Waals surface area contributed by atoms with E-state index in [1.807, 2.05) is 24.3 Å². The Morgan fingerprint density at radius 2 is 1.70 bits per heavy atom. The third-order valence-electron chi connectivity index (χ3n) is 2.69. The Morgan fingerprint density at radius 3 is 2.35 bits per heavy atom. The zero-order valence-corrected chi connectivity index (χ0v) is 13.9. The predicted octanol–water partition coefficient (Wildman–Crippen LogP) is 4.67. The number of methoxy groups -OCH3 is 1. The number of hydrogen-bond acceptors (Lipinski definition) is 3. The highest BCUT2D eigenvalue weighted by atomic mass is 79.9. The van der Waals surface area contributed by atoms with Crippen LogP contribution in [0.5, 0.6) is 11.5 Å². The fourth-order valence-electron chi connectivity index (χ4n) is 1.73. The monoisotopic (exact) mass is 395 g/mol. The lowest BCUT2D eigenvalue weighted by atomic mass is 10.2. The molecular formula is C15H11Br2NO2. The number of rotatable bonds is 4. The average molecular weight is 397 g/mol. The van der Waals surface area contributed by atoms with Crippen molar-refractivity contribution in [2.75, 3.05) is 7.11 Å². The molecule has 3 nitrogen and oxygen atoms in total. The number of hydrogen-bond donors (Lipinski definition) is 0. The van der Waals surface area contributed by atoms with Crippen molar-refractivity contribution >= 4 is 31.9 Å². The van der Waals surface area contributed by atoms with E-state index in [0.717, 1.165) is 20.3 Å². The summed E-state index contributed by atoms with van der Waals surface area (Å²) in [4.78, 5) is 0. The smallest absolute Gasteiger partial charge is 0.137 e. The molecule has 2 aromatic carbocycles. The molecule has 0 N–H and O–H groups in total. The van der Waals surface area contributed by atoms with Gasteiger partial charge in [0.2, 0.25) is 0 Å². The molecule has 20 heavy (non-hydrogen) atoms. The number of ether oxygens (including phenoxy) is 2. The molecule has 0 amide bonds. The molecule has 0 atom stereocenters. The van der Waals surface area contributed by atoms with E-state index in [4.69, 9.17) is 14.7 Å². The van der Waals surface area contributed by atoms with Gasteiger partial charge in [0.15, 0.2) is 0 Å². The Kier molecular flexibility index (Phi) is 5.05. The molecule has 0 unspecified atom stereocenters. The standard InChI is InChI=1S/C15H11Br2NO2/c1-19-14-4-2-13(17)7-11(14)9-20-15-5-3-12(16)6-10(15)8-18/h2-7H,9H2,1H3. The average Bonchev–Trinajstić information content (AvgIpc) is 2.46. The fraction of sp³-hybridized carbons (Fsp3) is 0.133. The van der Waals surface area contributed by atoms with E-state index in [1.54, 1.807) is 19.2 Å². The molecule has 0 fully saturated rings. The van der Waals surface area contributed by atoms with Gasteiger partial charge in [-0.2, -0.15) is 5.26 Å². The van der Waals surface area contributed by atoms with E-state index in [0.29, 0.717) is 17.9 Å². The summed E-state index contributed by atoms with van der Waals surface area (Å²) in [7, 11) is 1.62. The van der Waals surface area contributed by atoms with Gasteiger partial charge in [-0.25, -0.2) is 0 Å². The quantitative estimate of drug-likeness (QED) is 0.753. The van der Waals surface area contributed by atoms with Gasteiger partial charge in [0, 0.05) is 14.5 Å². The van der Waals surface area contributed by atoms with Crippen LogP contribution >= 0.6 is 31.9 Å². The maximum atomic E-state index is 9.10. The van der Waals surface area contributed by atoms with Gasteiger partial charge in [0.25, 0.3) is 0 Å². The molecule has 0 aromatic heterocycles. The molecule has 0 aliphatic carbocycles. The first-order chi connectivity index (χ1) is 9.63. The van der Waals surface area contributed by atoms with Crippen LogP contribution in [0.15, 0.2) is 45.3 Å². The van der Waals surface area contributed by atoms with Crippen LogP contribution in [0.25, 0.3) is 0 Å². The lowest BCUT2D eigenvalue weighted by Crippen LogP contribution is -2.00. The number of nitrogens with zero attached hydrogens (tertiary/aromatic N) is 1. The van der Waals surface area contributed by atoms with Gasteiger partial charge in [-0.1, -0.05) is 31.9 Å². The molecular weight excluding hydrogens is 386 g/mol. The van der Waals surface area contributed by atoms with Crippen molar-refractivity contribution in [2.24, 2.45) is 0 Å². The van der Waals surface area contributed by atoms with Gasteiger partial charge in [-0.3, -0.25) is 0 Å². The van der Waals surface area contributed by atoms with Crippen molar-refractivity contribution in [3.05, 3.63) is 56.5 Å². The van der Waals surface area contributed by atoms with E-state index in [1.165, 1.54) is 0 Å². The van der Waals surface area contributed by atoms with Crippen molar-refractivity contribution in [1.82, 2.24) is 0 Å². The Balaban J connectivity index is 2.21. The normalized spacial score (nSPS) is 9.90. The fourth-order valence-corrected chi connectivity index (χ4v) is 2.50. The minimum Gasteiger partial charge on any atom is -0.496 e. The molecule has 2 aromatic rings. The van der Waals surface area contributed by atoms with Crippen LogP contribution in [0.3, 0.4) is 0 Å². The predicted molar refractivity (Wildman–Crippen MR) is 83.9 cm³/mol. The lowest BCUT2D eigenvalue weighted by molar-refractivity contribution is 0.296. The number of benzene rings is 2. The third kappa shape index (κ3) is 3.53. The second kappa shape index (κ2) is 6.78. The highest BCUT2D eigenvalue weighted by molar-refractivity contribution is 9.10. The third-order valence-corrected chi connectivity index (χ3v) is 3.67. The summed E-state index contributed by atoms with van der Waals surface area (Å²) in [5, 5.41) is 9.10. The van der Waals surface area contributed by atoms with E-state index in [9.17, 15) is 0 Å². The maximum Gasteiger partial charge on any atom is 0.137 e. The Morgan fingerprint density at radius 1 is 1.05 bits per heavy atom. The van der Waals surface area contributed by atoms with Crippen LogP contribution < -0.4 is 9.47 Å². The summed E-state index contributed by atoms with van der Waals surface area (Å²) >= 11 is 6.75. The first-order valence-electron chi connectivity index (χ1n) is 5.79. The Bertz CT molecular complexity index is 665. The zero-order valence-electron chi connectivity index (χ0n) is 10.7. The highest BCUT2D eigenvalue weighted by Gasteiger charge is 2.08. The largest absolute Gasteiger partial charge is 0.496 e. The molecule has 102 valence electrons. The van der Waals surface area contributed by atoms with Crippen LogP contribution in [0, 0.1) is 11.3 Å². The van der Waals surface area contributed by atoms with Crippen LogP contribution in [0.1, 0.15) is 11.1 Å². The van der Waals surface area contributed by atoms with Gasteiger partial charge in [-0.05, 0) is 36.4 Å². The molecule has 0 radical (unpaired) electrons. The number of nitriles is 1. The van der Waals surface area contributed by atoms with Crippen molar-refractivity contribution in [3.63, 3.8) is 0 Å². The summed E-state index contributed by atoms with van der Waals surface area (Å²) in [5.41, 5.74) is 1.40. The highest BCUT2D eigenvalue weighted by Crippen LogP contribution is 2.27. The van der Waals surface area contributed by atoms with Crippen molar-refractivity contribution in [1.29, 1.82) is 5.26 Å². The molecule has 5 heteroatoms. The number of halogens is 2. The second-order valence-corrected chi connectivity index (χ2v) is 5.83. The van der Waals surface area contributed by atoms with Crippen LogP contribution in [0.4, 0.5) is 0 Å². The van der Waals surface area contributed by atoms with Gasteiger partial charge in [-0.15, -0.1) is 0 Å². The van der Waals surface area contributed by atoms with Crippen LogP contribution in [-0.2, 0) is 6.61 Å². The topological polar surface area (TPSA) is 42.2 Å². The van der Waals surface area contributed by atoms with Crippen molar-refractivity contribution < 1.29 is 9.47 Å². The van der Waals surface area contributed by atoms with Crippen molar-refractivity contribution in [2.45, 2.75) is 6.61 Å². The summed E-state index contributed by atoms with van der Waals surface area (Å²) in [6.45, 7) is 0.332. The molecule has 0 aliphatic heterocycles. The van der Waals surface area contributed by atoms with Gasteiger partial charge in [0.1, 0.15) is 24.2 Å². The van der Waals surface area contributed by atoms with Gasteiger partial charge < -0.3 is 9.47 Å². The second-order valence-electron chi connectivity index (χ2n) is 4.00. The maximum absolute atomic E-state index is 9.10. The van der Waals surface area contributed by atoms with Crippen LogP contribution in [-0.4, -0.2) is 7.11 Å². The molecule has 0 bridgehead atoms. The summed E-state index contributed by atoms with van der Waals surface area (Å²) in [6.07, 6.45) is 0. The molecule has 0 aliphatic rings.